The summed E-state index contributed by atoms with van der Waals surface area (Å²) >= 11 is 0. The van der Waals surface area contributed by atoms with Gasteiger partial charge in [-0.25, -0.2) is 4.98 Å². The predicted molar refractivity (Wildman–Crippen MR) is 92.8 cm³/mol. The summed E-state index contributed by atoms with van der Waals surface area (Å²) in [5.41, 5.74) is 2.16. The van der Waals surface area contributed by atoms with Gasteiger partial charge in [-0.1, -0.05) is 6.07 Å². The van der Waals surface area contributed by atoms with Gasteiger partial charge in [0.1, 0.15) is 17.3 Å². The number of nitrogens with one attached hydrogen (secondary N) is 1. The molecule has 0 aliphatic carbocycles. The van der Waals surface area contributed by atoms with E-state index in [1.807, 2.05) is 31.2 Å². The number of benzene rings is 1. The zero-order valence-electron chi connectivity index (χ0n) is 13.9. The fourth-order valence-electron chi connectivity index (χ4n) is 2.92. The van der Waals surface area contributed by atoms with Crippen molar-refractivity contribution in [2.75, 3.05) is 37.5 Å². The molecule has 0 amide bonds. The first kappa shape index (κ1) is 15.5. The Morgan fingerprint density at radius 3 is 2.52 bits per heavy atom. The maximum absolute atomic E-state index is 5.36. The summed E-state index contributed by atoms with van der Waals surface area (Å²) in [6.07, 6.45) is 1.08. The number of anilines is 2. The molecule has 1 aliphatic heterocycles. The summed E-state index contributed by atoms with van der Waals surface area (Å²) in [5, 5.41) is 3.52. The minimum atomic E-state index is 0.390. The lowest BCUT2D eigenvalue weighted by Crippen LogP contribution is -2.26. The van der Waals surface area contributed by atoms with Crippen molar-refractivity contribution in [1.82, 2.24) is 4.98 Å². The zero-order valence-corrected chi connectivity index (χ0v) is 13.9. The van der Waals surface area contributed by atoms with E-state index in [2.05, 4.69) is 27.3 Å². The van der Waals surface area contributed by atoms with Crippen LogP contribution in [-0.4, -0.2) is 38.3 Å². The molecule has 0 saturated carbocycles. The Hall–Kier alpha value is -2.43. The van der Waals surface area contributed by atoms with Crippen LogP contribution in [0.25, 0.3) is 0 Å². The summed E-state index contributed by atoms with van der Waals surface area (Å²) in [6, 6.07) is 12.4. The van der Waals surface area contributed by atoms with E-state index in [1.165, 1.54) is 0 Å². The van der Waals surface area contributed by atoms with E-state index in [9.17, 15) is 0 Å². The molecule has 122 valence electrons. The molecule has 23 heavy (non-hydrogen) atoms. The predicted octanol–water partition coefficient (Wildman–Crippen LogP) is 3.10. The molecule has 0 spiro atoms. The second kappa shape index (κ2) is 6.77. The third-order valence-corrected chi connectivity index (χ3v) is 4.13. The van der Waals surface area contributed by atoms with Crippen LogP contribution >= 0.6 is 0 Å². The fourth-order valence-corrected chi connectivity index (χ4v) is 2.92. The molecule has 2 heterocycles. The Morgan fingerprint density at radius 2 is 1.87 bits per heavy atom. The summed E-state index contributed by atoms with van der Waals surface area (Å²) < 4.78 is 10.7. The van der Waals surface area contributed by atoms with E-state index in [4.69, 9.17) is 9.47 Å². The Balaban J connectivity index is 1.70. The molecule has 1 aromatic heterocycles. The van der Waals surface area contributed by atoms with E-state index in [-0.39, 0.29) is 0 Å². The van der Waals surface area contributed by atoms with Gasteiger partial charge in [-0.15, -0.1) is 0 Å². The maximum Gasteiger partial charge on any atom is 0.126 e. The zero-order chi connectivity index (χ0) is 16.2. The number of aromatic nitrogens is 1. The minimum absolute atomic E-state index is 0.390. The molecule has 1 aromatic carbocycles. The summed E-state index contributed by atoms with van der Waals surface area (Å²) in [6.45, 7) is 3.94. The number of methoxy groups -OCH3 is 2. The van der Waals surface area contributed by atoms with Crippen LogP contribution in [-0.2, 0) is 0 Å². The van der Waals surface area contributed by atoms with Gasteiger partial charge in [-0.2, -0.15) is 0 Å². The highest BCUT2D eigenvalue weighted by molar-refractivity contribution is 5.57. The average Bonchev–Trinajstić information content (AvgIpc) is 3.03. The average molecular weight is 313 g/mol. The first-order valence-corrected chi connectivity index (χ1v) is 7.86. The van der Waals surface area contributed by atoms with Gasteiger partial charge in [0.15, 0.2) is 0 Å². The Morgan fingerprint density at radius 1 is 1.13 bits per heavy atom. The molecule has 1 atom stereocenters. The number of pyridine rings is 1. The van der Waals surface area contributed by atoms with Gasteiger partial charge >= 0.3 is 0 Å². The van der Waals surface area contributed by atoms with Crippen LogP contribution in [0.4, 0.5) is 11.5 Å². The van der Waals surface area contributed by atoms with Crippen LogP contribution < -0.4 is 19.7 Å². The van der Waals surface area contributed by atoms with Crippen molar-refractivity contribution in [3.05, 3.63) is 42.1 Å². The molecule has 5 heteroatoms. The van der Waals surface area contributed by atoms with Crippen LogP contribution in [0.3, 0.4) is 0 Å². The number of ether oxygens (including phenoxy) is 2. The standard InChI is InChI=1S/C18H23N3O2/c1-13-5-4-6-18(19-13)20-14-7-8-21(12-14)15-9-16(22-2)11-17(10-15)23-3/h4-6,9-11,14H,7-8,12H2,1-3H3,(H,19,20). The van der Waals surface area contributed by atoms with E-state index in [1.54, 1.807) is 14.2 Å². The second-order valence-corrected chi connectivity index (χ2v) is 5.81. The molecular weight excluding hydrogens is 290 g/mol. The molecule has 1 N–H and O–H groups in total. The molecule has 3 rings (SSSR count). The lowest BCUT2D eigenvalue weighted by Gasteiger charge is -2.21. The fraction of sp³-hybridized carbons (Fsp3) is 0.389. The first-order valence-electron chi connectivity index (χ1n) is 7.86. The topological polar surface area (TPSA) is 46.6 Å². The number of hydrogen-bond acceptors (Lipinski definition) is 5. The highest BCUT2D eigenvalue weighted by Gasteiger charge is 2.23. The summed E-state index contributed by atoms with van der Waals surface area (Å²) in [5.74, 6) is 2.58. The summed E-state index contributed by atoms with van der Waals surface area (Å²) in [7, 11) is 3.35. The number of hydrogen-bond donors (Lipinski definition) is 1. The van der Waals surface area contributed by atoms with Gasteiger partial charge in [-0.05, 0) is 25.5 Å². The molecular formula is C18H23N3O2. The summed E-state index contributed by atoms with van der Waals surface area (Å²) in [4.78, 5) is 6.87. The van der Waals surface area contributed by atoms with Crippen LogP contribution in [0.15, 0.2) is 36.4 Å². The van der Waals surface area contributed by atoms with E-state index < -0.39 is 0 Å². The van der Waals surface area contributed by atoms with Crippen molar-refractivity contribution in [2.24, 2.45) is 0 Å². The van der Waals surface area contributed by atoms with Gasteiger partial charge in [-0.3, -0.25) is 0 Å². The highest BCUT2D eigenvalue weighted by Crippen LogP contribution is 2.30. The van der Waals surface area contributed by atoms with Crippen molar-refractivity contribution in [2.45, 2.75) is 19.4 Å². The lowest BCUT2D eigenvalue weighted by molar-refractivity contribution is 0.394. The van der Waals surface area contributed by atoms with Crippen molar-refractivity contribution in [3.63, 3.8) is 0 Å². The lowest BCUT2D eigenvalue weighted by atomic mass is 10.2. The monoisotopic (exact) mass is 313 g/mol. The second-order valence-electron chi connectivity index (χ2n) is 5.81. The van der Waals surface area contributed by atoms with Gasteiger partial charge < -0.3 is 19.7 Å². The van der Waals surface area contributed by atoms with Crippen molar-refractivity contribution in [3.8, 4) is 11.5 Å². The Labute approximate surface area is 137 Å². The van der Waals surface area contributed by atoms with E-state index in [0.717, 1.165) is 48.2 Å². The Kier molecular flexibility index (Phi) is 4.55. The van der Waals surface area contributed by atoms with Crippen molar-refractivity contribution in [1.29, 1.82) is 0 Å². The number of nitrogens with zero attached hydrogens (tertiary/aromatic N) is 2. The van der Waals surface area contributed by atoms with Crippen molar-refractivity contribution >= 4 is 11.5 Å². The largest absolute Gasteiger partial charge is 0.497 e. The minimum Gasteiger partial charge on any atom is -0.497 e. The molecule has 0 bridgehead atoms. The number of aryl methyl sites for hydroxylation is 1. The van der Waals surface area contributed by atoms with Crippen LogP contribution in [0, 0.1) is 6.92 Å². The van der Waals surface area contributed by atoms with Gasteiger partial charge in [0.25, 0.3) is 0 Å². The van der Waals surface area contributed by atoms with Crippen LogP contribution in [0.2, 0.25) is 0 Å². The van der Waals surface area contributed by atoms with Gasteiger partial charge in [0.05, 0.1) is 14.2 Å². The normalized spacial score (nSPS) is 17.2. The molecule has 5 nitrogen and oxygen atoms in total. The van der Waals surface area contributed by atoms with Crippen LogP contribution in [0.1, 0.15) is 12.1 Å². The first-order chi connectivity index (χ1) is 11.2. The molecule has 1 aliphatic rings. The SMILES string of the molecule is COc1cc(OC)cc(N2CCC(Nc3cccc(C)n3)C2)c1. The van der Waals surface area contributed by atoms with Gasteiger partial charge in [0.2, 0.25) is 0 Å². The molecule has 1 unspecified atom stereocenters. The maximum atomic E-state index is 5.36. The molecule has 1 saturated heterocycles. The highest BCUT2D eigenvalue weighted by atomic mass is 16.5. The van der Waals surface area contributed by atoms with Crippen LogP contribution in [0.5, 0.6) is 11.5 Å². The molecule has 0 radical (unpaired) electrons. The van der Waals surface area contributed by atoms with Gasteiger partial charge in [0, 0.05) is 48.7 Å². The molecule has 1 fully saturated rings. The van der Waals surface area contributed by atoms with Crippen molar-refractivity contribution < 1.29 is 9.47 Å². The molecule has 2 aromatic rings. The number of rotatable bonds is 5. The third-order valence-electron chi connectivity index (χ3n) is 4.13. The Bertz CT molecular complexity index is 653. The third kappa shape index (κ3) is 3.67. The van der Waals surface area contributed by atoms with E-state index in [0.29, 0.717) is 6.04 Å². The smallest absolute Gasteiger partial charge is 0.126 e. The quantitative estimate of drug-likeness (QED) is 0.919. The van der Waals surface area contributed by atoms with E-state index >= 15 is 0 Å².